The smallest absolute Gasteiger partial charge is 0.270 e. The molecule has 2 rings (SSSR count). The third-order valence-corrected chi connectivity index (χ3v) is 4.30. The van der Waals surface area contributed by atoms with Crippen LogP contribution in [-0.4, -0.2) is 42.0 Å². The summed E-state index contributed by atoms with van der Waals surface area (Å²) in [7, 11) is 0. The van der Waals surface area contributed by atoms with Crippen LogP contribution < -0.4 is 5.32 Å². The summed E-state index contributed by atoms with van der Waals surface area (Å²) in [6, 6.07) is 0. The van der Waals surface area contributed by atoms with E-state index in [4.69, 9.17) is 0 Å². The molecule has 1 saturated heterocycles. The molecule has 1 fully saturated rings. The first-order valence-electron chi connectivity index (χ1n) is 7.08. The van der Waals surface area contributed by atoms with Crippen molar-refractivity contribution in [3.05, 3.63) is 16.1 Å². The first-order chi connectivity index (χ1) is 9.15. The van der Waals surface area contributed by atoms with E-state index in [2.05, 4.69) is 22.1 Å². The Balaban J connectivity index is 1.62. The van der Waals surface area contributed by atoms with E-state index in [0.717, 1.165) is 30.4 Å². The summed E-state index contributed by atoms with van der Waals surface area (Å²) in [4.78, 5) is 18.5. The zero-order chi connectivity index (χ0) is 13.7. The standard InChI is InChI=1S/C14H23N3OS/c1-11-5-3-7-17(9-11)8-4-6-15-14(18)13-10-19-12(2)16-13/h10-11H,3-9H2,1-2H3,(H,15,18). The van der Waals surface area contributed by atoms with Gasteiger partial charge in [0.25, 0.3) is 5.91 Å². The normalized spacial score (nSPS) is 20.4. The zero-order valence-corrected chi connectivity index (χ0v) is 12.6. The van der Waals surface area contributed by atoms with Gasteiger partial charge in [0, 0.05) is 18.5 Å². The molecular weight excluding hydrogens is 258 g/mol. The minimum absolute atomic E-state index is 0.0450. The number of amides is 1. The van der Waals surface area contributed by atoms with Crippen molar-refractivity contribution in [2.75, 3.05) is 26.2 Å². The van der Waals surface area contributed by atoms with E-state index < -0.39 is 0 Å². The van der Waals surface area contributed by atoms with Crippen LogP contribution in [0.2, 0.25) is 0 Å². The maximum absolute atomic E-state index is 11.8. The van der Waals surface area contributed by atoms with Gasteiger partial charge in [0.2, 0.25) is 0 Å². The second kappa shape index (κ2) is 7.01. The molecule has 106 valence electrons. The van der Waals surface area contributed by atoms with Crippen LogP contribution in [-0.2, 0) is 0 Å². The average Bonchev–Trinajstić information content (AvgIpc) is 2.81. The molecule has 1 aromatic rings. The Morgan fingerprint density at radius 2 is 2.47 bits per heavy atom. The van der Waals surface area contributed by atoms with Gasteiger partial charge in [-0.15, -0.1) is 11.3 Å². The van der Waals surface area contributed by atoms with Gasteiger partial charge in [0.1, 0.15) is 5.69 Å². The quantitative estimate of drug-likeness (QED) is 0.842. The summed E-state index contributed by atoms with van der Waals surface area (Å²) >= 11 is 1.51. The highest BCUT2D eigenvalue weighted by Crippen LogP contribution is 2.15. The molecule has 1 unspecified atom stereocenters. The van der Waals surface area contributed by atoms with E-state index in [0.29, 0.717) is 5.69 Å². The predicted octanol–water partition coefficient (Wildman–Crippen LogP) is 2.30. The maximum Gasteiger partial charge on any atom is 0.270 e. The number of nitrogens with zero attached hydrogens (tertiary/aromatic N) is 2. The summed E-state index contributed by atoms with van der Waals surface area (Å²) in [5, 5.41) is 5.70. The van der Waals surface area contributed by atoms with Crippen LogP contribution >= 0.6 is 11.3 Å². The Morgan fingerprint density at radius 1 is 1.63 bits per heavy atom. The Morgan fingerprint density at radius 3 is 3.16 bits per heavy atom. The Labute approximate surface area is 119 Å². The van der Waals surface area contributed by atoms with Crippen LogP contribution in [0.4, 0.5) is 0 Å². The van der Waals surface area contributed by atoms with E-state index in [1.165, 1.54) is 37.3 Å². The minimum atomic E-state index is -0.0450. The number of carbonyl (C=O) groups excluding carboxylic acids is 1. The third-order valence-electron chi connectivity index (χ3n) is 3.53. The van der Waals surface area contributed by atoms with Crippen LogP contribution in [0.5, 0.6) is 0 Å². The van der Waals surface area contributed by atoms with Crippen molar-refractivity contribution >= 4 is 17.2 Å². The van der Waals surface area contributed by atoms with Gasteiger partial charge in [0.15, 0.2) is 0 Å². The summed E-state index contributed by atoms with van der Waals surface area (Å²) in [6.07, 6.45) is 3.68. The van der Waals surface area contributed by atoms with E-state index in [9.17, 15) is 4.79 Å². The van der Waals surface area contributed by atoms with Crippen molar-refractivity contribution in [2.45, 2.75) is 33.1 Å². The average molecular weight is 281 g/mol. The van der Waals surface area contributed by atoms with Crippen LogP contribution in [0, 0.1) is 12.8 Å². The fraction of sp³-hybridized carbons (Fsp3) is 0.714. The summed E-state index contributed by atoms with van der Waals surface area (Å²) < 4.78 is 0. The number of piperidine rings is 1. The third kappa shape index (κ3) is 4.58. The molecule has 0 bridgehead atoms. The van der Waals surface area contributed by atoms with Gasteiger partial charge in [-0.2, -0.15) is 0 Å². The molecule has 5 heteroatoms. The lowest BCUT2D eigenvalue weighted by Gasteiger charge is -2.30. The molecule has 0 radical (unpaired) electrons. The van der Waals surface area contributed by atoms with Crippen molar-refractivity contribution in [3.8, 4) is 0 Å². The molecule has 0 spiro atoms. The lowest BCUT2D eigenvalue weighted by molar-refractivity contribution is 0.0945. The topological polar surface area (TPSA) is 45.2 Å². The van der Waals surface area contributed by atoms with Crippen LogP contribution in [0.1, 0.15) is 41.7 Å². The second-order valence-corrected chi connectivity index (χ2v) is 6.47. The highest BCUT2D eigenvalue weighted by Gasteiger charge is 2.15. The fourth-order valence-corrected chi connectivity index (χ4v) is 3.15. The Bertz CT molecular complexity index is 419. The molecule has 1 aliphatic heterocycles. The molecule has 1 atom stereocenters. The minimum Gasteiger partial charge on any atom is -0.351 e. The number of hydrogen-bond donors (Lipinski definition) is 1. The SMILES string of the molecule is Cc1nc(C(=O)NCCCN2CCCC(C)C2)cs1. The van der Waals surface area contributed by atoms with Gasteiger partial charge in [0.05, 0.1) is 5.01 Å². The molecule has 19 heavy (non-hydrogen) atoms. The van der Waals surface area contributed by atoms with E-state index >= 15 is 0 Å². The molecular formula is C14H23N3OS. The first-order valence-corrected chi connectivity index (χ1v) is 7.96. The Hall–Kier alpha value is -0.940. The van der Waals surface area contributed by atoms with Gasteiger partial charge in [-0.05, 0) is 45.2 Å². The van der Waals surface area contributed by atoms with Crippen molar-refractivity contribution in [2.24, 2.45) is 5.92 Å². The Kier molecular flexibility index (Phi) is 5.34. The molecule has 4 nitrogen and oxygen atoms in total. The number of carbonyl (C=O) groups is 1. The van der Waals surface area contributed by atoms with Gasteiger partial charge in [-0.25, -0.2) is 4.98 Å². The number of aromatic nitrogens is 1. The molecule has 2 heterocycles. The molecule has 0 saturated carbocycles. The van der Waals surface area contributed by atoms with Crippen molar-refractivity contribution in [1.29, 1.82) is 0 Å². The van der Waals surface area contributed by atoms with Crippen LogP contribution in [0.25, 0.3) is 0 Å². The first kappa shape index (κ1) is 14.5. The summed E-state index contributed by atoms with van der Waals surface area (Å²) in [5.41, 5.74) is 0.550. The molecule has 1 amide bonds. The molecule has 0 aromatic carbocycles. The van der Waals surface area contributed by atoms with Crippen LogP contribution in [0.3, 0.4) is 0 Å². The van der Waals surface area contributed by atoms with Crippen molar-refractivity contribution in [1.82, 2.24) is 15.2 Å². The lowest BCUT2D eigenvalue weighted by Crippen LogP contribution is -2.36. The molecule has 0 aliphatic carbocycles. The number of nitrogens with one attached hydrogen (secondary N) is 1. The van der Waals surface area contributed by atoms with Crippen molar-refractivity contribution in [3.63, 3.8) is 0 Å². The van der Waals surface area contributed by atoms with Gasteiger partial charge < -0.3 is 10.2 Å². The fourth-order valence-electron chi connectivity index (χ4n) is 2.55. The lowest BCUT2D eigenvalue weighted by atomic mass is 10.0. The number of likely N-dealkylation sites (tertiary alicyclic amines) is 1. The highest BCUT2D eigenvalue weighted by atomic mass is 32.1. The maximum atomic E-state index is 11.8. The van der Waals surface area contributed by atoms with Crippen LogP contribution in [0.15, 0.2) is 5.38 Å². The molecule has 1 aromatic heterocycles. The highest BCUT2D eigenvalue weighted by molar-refractivity contribution is 7.09. The zero-order valence-electron chi connectivity index (χ0n) is 11.8. The summed E-state index contributed by atoms with van der Waals surface area (Å²) in [6.45, 7) is 8.47. The molecule has 1 aliphatic rings. The number of rotatable bonds is 5. The van der Waals surface area contributed by atoms with E-state index in [1.807, 2.05) is 12.3 Å². The number of thiazole rings is 1. The van der Waals surface area contributed by atoms with Gasteiger partial charge >= 0.3 is 0 Å². The molecule has 1 N–H and O–H groups in total. The van der Waals surface area contributed by atoms with E-state index in [1.54, 1.807) is 0 Å². The number of aryl methyl sites for hydroxylation is 1. The summed E-state index contributed by atoms with van der Waals surface area (Å²) in [5.74, 6) is 0.776. The second-order valence-electron chi connectivity index (χ2n) is 5.41. The predicted molar refractivity (Wildman–Crippen MR) is 78.6 cm³/mol. The monoisotopic (exact) mass is 281 g/mol. The van der Waals surface area contributed by atoms with Gasteiger partial charge in [-0.3, -0.25) is 4.79 Å². The largest absolute Gasteiger partial charge is 0.351 e. The van der Waals surface area contributed by atoms with E-state index in [-0.39, 0.29) is 5.91 Å². The van der Waals surface area contributed by atoms with Gasteiger partial charge in [-0.1, -0.05) is 6.92 Å². The van der Waals surface area contributed by atoms with Crippen molar-refractivity contribution < 1.29 is 4.79 Å². The number of hydrogen-bond acceptors (Lipinski definition) is 4.